The van der Waals surface area contributed by atoms with Gasteiger partial charge in [-0.05, 0) is 31.5 Å². The third-order valence-corrected chi connectivity index (χ3v) is 5.43. The van der Waals surface area contributed by atoms with Crippen LogP contribution in [0.5, 0.6) is 0 Å². The van der Waals surface area contributed by atoms with Crippen LogP contribution in [-0.2, 0) is 17.1 Å². The van der Waals surface area contributed by atoms with Crippen LogP contribution in [-0.4, -0.2) is 53.3 Å². The Balaban J connectivity index is 0.00000210. The summed E-state index contributed by atoms with van der Waals surface area (Å²) in [7, 11) is 0. The van der Waals surface area contributed by atoms with Crippen LogP contribution in [0.15, 0.2) is 23.1 Å². The van der Waals surface area contributed by atoms with Crippen molar-refractivity contribution >= 4 is 22.6 Å². The van der Waals surface area contributed by atoms with Gasteiger partial charge < -0.3 is 19.5 Å². The predicted molar refractivity (Wildman–Crippen MR) is 97.7 cm³/mol. The van der Waals surface area contributed by atoms with Crippen molar-refractivity contribution in [2.45, 2.75) is 25.8 Å². The number of hydrogen-bond donors (Lipinski definition) is 1. The average Bonchev–Trinajstić information content (AvgIpc) is 3.47. The summed E-state index contributed by atoms with van der Waals surface area (Å²) >= 11 is 0. The molecule has 1 aromatic heterocycles. The fraction of sp³-hybridized carbons (Fsp3) is 0.474. The normalized spacial score (nSPS) is 17.8. The van der Waals surface area contributed by atoms with Gasteiger partial charge in [-0.25, -0.2) is 9.18 Å². The van der Waals surface area contributed by atoms with Crippen molar-refractivity contribution in [1.29, 1.82) is 0 Å². The molecule has 1 aromatic carbocycles. The molecule has 2 fully saturated rings. The molecule has 8 heteroatoms. The van der Waals surface area contributed by atoms with Crippen LogP contribution in [0.1, 0.15) is 36.2 Å². The largest absolute Gasteiger partial charge is 0.477 e. The van der Waals surface area contributed by atoms with Crippen LogP contribution < -0.4 is 10.3 Å². The number of rotatable bonds is 4. The monoisotopic (exact) mass is 422 g/mol. The van der Waals surface area contributed by atoms with E-state index in [1.807, 2.05) is 9.47 Å². The first-order valence-electron chi connectivity index (χ1n) is 9.08. The van der Waals surface area contributed by atoms with E-state index >= 15 is 0 Å². The maximum Gasteiger partial charge on any atom is 0.341 e. The van der Waals surface area contributed by atoms with Gasteiger partial charge in [-0.15, -0.1) is 0 Å². The summed E-state index contributed by atoms with van der Waals surface area (Å²) in [6, 6.07) is 3.12. The van der Waals surface area contributed by atoms with E-state index in [1.54, 1.807) is 6.07 Å². The van der Waals surface area contributed by atoms with Crippen molar-refractivity contribution in [3.8, 4) is 0 Å². The minimum atomic E-state index is -1.27. The van der Waals surface area contributed by atoms with Gasteiger partial charge in [0.25, 0.3) is 0 Å². The number of hydrogen-bond acceptors (Lipinski definition) is 4. The zero-order valence-corrected chi connectivity index (χ0v) is 16.0. The van der Waals surface area contributed by atoms with Gasteiger partial charge in [0, 0.05) is 60.9 Å². The number of likely N-dealkylation sites (N-methyl/N-ethyl adjacent to an activating group) is 1. The number of aromatic nitrogens is 1. The molecule has 2 aliphatic rings. The fourth-order valence-corrected chi connectivity index (χ4v) is 3.71. The maximum atomic E-state index is 14.8. The summed E-state index contributed by atoms with van der Waals surface area (Å²) in [4.78, 5) is 28.2. The Morgan fingerprint density at radius 1 is 1.22 bits per heavy atom. The van der Waals surface area contributed by atoms with E-state index in [0.717, 1.165) is 45.6 Å². The molecule has 1 N–H and O–H groups in total. The number of nitrogens with zero attached hydrogens (tertiary/aromatic N) is 3. The van der Waals surface area contributed by atoms with Crippen LogP contribution in [0.25, 0.3) is 10.9 Å². The van der Waals surface area contributed by atoms with Crippen LogP contribution in [0, 0.1) is 5.82 Å². The molecule has 0 amide bonds. The molecule has 2 heterocycles. The van der Waals surface area contributed by atoms with Crippen molar-refractivity contribution in [2.24, 2.45) is 0 Å². The Bertz CT molecular complexity index is 934. The van der Waals surface area contributed by atoms with E-state index in [4.69, 9.17) is 0 Å². The second kappa shape index (κ2) is 7.62. The van der Waals surface area contributed by atoms with E-state index in [1.165, 1.54) is 12.3 Å². The summed E-state index contributed by atoms with van der Waals surface area (Å²) in [5, 5.41) is 9.45. The molecule has 1 aliphatic heterocycles. The molecule has 1 saturated carbocycles. The van der Waals surface area contributed by atoms with Crippen molar-refractivity contribution < 1.29 is 31.4 Å². The van der Waals surface area contributed by atoms with E-state index in [-0.39, 0.29) is 34.1 Å². The second-order valence-electron chi connectivity index (χ2n) is 7.06. The molecule has 0 spiro atoms. The number of anilines is 1. The number of pyridine rings is 1. The zero-order chi connectivity index (χ0) is 18.4. The maximum absolute atomic E-state index is 14.8. The van der Waals surface area contributed by atoms with E-state index < -0.39 is 17.2 Å². The summed E-state index contributed by atoms with van der Waals surface area (Å²) < 4.78 is 16.6. The van der Waals surface area contributed by atoms with Gasteiger partial charge in [-0.1, -0.05) is 6.92 Å². The quantitative estimate of drug-likeness (QED) is 0.766. The smallest absolute Gasteiger partial charge is 0.341 e. The Labute approximate surface area is 167 Å². The number of piperazine rings is 1. The van der Waals surface area contributed by atoms with Crippen molar-refractivity contribution in [3.63, 3.8) is 0 Å². The molecule has 27 heavy (non-hydrogen) atoms. The Morgan fingerprint density at radius 2 is 1.89 bits per heavy atom. The van der Waals surface area contributed by atoms with Crippen LogP contribution >= 0.6 is 0 Å². The molecule has 1 saturated heterocycles. The summed E-state index contributed by atoms with van der Waals surface area (Å²) in [5.41, 5.74) is 0.195. The topological polar surface area (TPSA) is 65.8 Å². The van der Waals surface area contributed by atoms with Gasteiger partial charge in [-0.2, -0.15) is 0 Å². The average molecular weight is 423 g/mol. The molecule has 0 unspecified atom stereocenters. The van der Waals surface area contributed by atoms with Crippen LogP contribution in [0.3, 0.4) is 0 Å². The van der Waals surface area contributed by atoms with E-state index in [2.05, 4.69) is 11.8 Å². The van der Waals surface area contributed by atoms with Gasteiger partial charge in [0.1, 0.15) is 11.4 Å². The van der Waals surface area contributed by atoms with Crippen LogP contribution in [0.2, 0.25) is 0 Å². The third-order valence-electron chi connectivity index (χ3n) is 5.43. The minimum absolute atomic E-state index is 0. The molecule has 0 bridgehead atoms. The summed E-state index contributed by atoms with van der Waals surface area (Å²) in [6.07, 6.45) is 3.30. The van der Waals surface area contributed by atoms with Gasteiger partial charge in [0.2, 0.25) is 5.43 Å². The number of benzene rings is 1. The molecule has 1 aliphatic carbocycles. The number of fused-ring (bicyclic) bond motifs is 1. The van der Waals surface area contributed by atoms with Crippen molar-refractivity contribution in [1.82, 2.24) is 9.47 Å². The fourth-order valence-electron chi connectivity index (χ4n) is 3.71. The molecule has 6 nitrogen and oxygen atoms in total. The Hall–Kier alpha value is -1.89. The standard InChI is InChI=1S/C19H22FN3O3.Cu/c1-2-21-5-7-22(8-6-21)17-10-16-13(9-15(17)20)18(24)14(19(25)26)11-23(16)12-3-4-12;/h9-12H,2-8H2,1H3,(H,25,26);. The zero-order valence-electron chi connectivity index (χ0n) is 15.0. The van der Waals surface area contributed by atoms with Crippen LogP contribution in [0.4, 0.5) is 10.1 Å². The van der Waals surface area contributed by atoms with Gasteiger partial charge in [0.15, 0.2) is 0 Å². The molecule has 1 radical (unpaired) electrons. The number of aromatic carboxylic acids is 1. The molecular formula is C19H22CuFN3O3. The number of carboxylic acid groups (broad SMARTS) is 1. The first kappa shape index (κ1) is 19.9. The Morgan fingerprint density at radius 3 is 2.44 bits per heavy atom. The number of carbonyl (C=O) groups is 1. The number of halogens is 1. The van der Waals surface area contributed by atoms with Crippen molar-refractivity contribution in [3.05, 3.63) is 39.9 Å². The predicted octanol–water partition coefficient (Wildman–Crippen LogP) is 2.31. The second-order valence-corrected chi connectivity index (χ2v) is 7.06. The summed E-state index contributed by atoms with van der Waals surface area (Å²) in [6.45, 7) is 6.31. The first-order chi connectivity index (χ1) is 12.5. The van der Waals surface area contributed by atoms with Gasteiger partial charge >= 0.3 is 5.97 Å². The molecule has 149 valence electrons. The molecule has 4 rings (SSSR count). The first-order valence-corrected chi connectivity index (χ1v) is 9.08. The number of carboxylic acids is 1. The summed E-state index contributed by atoms with van der Waals surface area (Å²) in [5.74, 6) is -1.74. The molecular weight excluding hydrogens is 401 g/mol. The third kappa shape index (κ3) is 3.61. The van der Waals surface area contributed by atoms with E-state index in [9.17, 15) is 19.1 Å². The Kier molecular flexibility index (Phi) is 5.60. The van der Waals surface area contributed by atoms with Crippen molar-refractivity contribution in [2.75, 3.05) is 37.6 Å². The SMILES string of the molecule is CCN1CCN(c2cc3c(cc2F)c(=O)c(C(=O)O)cn3C2CC2)CC1.[Cu]. The van der Waals surface area contributed by atoms with Gasteiger partial charge in [0.05, 0.1) is 11.2 Å². The molecule has 2 aromatic rings. The van der Waals surface area contributed by atoms with E-state index in [0.29, 0.717) is 11.2 Å². The van der Waals surface area contributed by atoms with Gasteiger partial charge in [-0.3, -0.25) is 4.79 Å². The molecule has 0 atom stereocenters. The minimum Gasteiger partial charge on any atom is -0.477 e.